The van der Waals surface area contributed by atoms with Crippen LogP contribution in [-0.4, -0.2) is 44.0 Å². The van der Waals surface area contributed by atoms with E-state index >= 15 is 0 Å². The molecule has 6 heteroatoms. The molecule has 0 saturated carbocycles. The first-order valence-corrected chi connectivity index (χ1v) is 8.24. The molecule has 2 heterocycles. The van der Waals surface area contributed by atoms with Gasteiger partial charge in [0, 0.05) is 54.6 Å². The van der Waals surface area contributed by atoms with Crippen molar-refractivity contribution in [2.75, 3.05) is 12.9 Å². The molecular weight excluding hydrogens is 284 g/mol. The molecule has 0 aliphatic carbocycles. The molecule has 2 aromatic heterocycles. The third kappa shape index (κ3) is 4.06. The van der Waals surface area contributed by atoms with Gasteiger partial charge in [-0.15, -0.1) is 0 Å². The van der Waals surface area contributed by atoms with Crippen LogP contribution < -0.4 is 5.32 Å². The number of aliphatic hydroxyl groups is 1. The molecule has 0 aromatic carbocycles. The summed E-state index contributed by atoms with van der Waals surface area (Å²) in [5.41, 5.74) is 3.19. The predicted octanol–water partition coefficient (Wildman–Crippen LogP) is 1.68. The van der Waals surface area contributed by atoms with Gasteiger partial charge in [-0.05, 0) is 25.3 Å². The molecule has 114 valence electrons. The quantitative estimate of drug-likeness (QED) is 0.815. The van der Waals surface area contributed by atoms with Gasteiger partial charge in [-0.3, -0.25) is 9.67 Å². The summed E-state index contributed by atoms with van der Waals surface area (Å²) in [7, 11) is 1.93. The number of hydrogen-bond donors (Lipinski definition) is 2. The van der Waals surface area contributed by atoms with E-state index in [1.54, 1.807) is 24.2 Å². The summed E-state index contributed by atoms with van der Waals surface area (Å²) in [6.07, 6.45) is 7.60. The molecular formula is C15H22N4OS. The van der Waals surface area contributed by atoms with Gasteiger partial charge < -0.3 is 10.4 Å². The Hall–Kier alpha value is -1.37. The first-order chi connectivity index (χ1) is 10.2. The minimum Gasteiger partial charge on any atom is -0.395 e. The standard InChI is InChI=1S/C15H22N4OS/c1-11(14(10-20)21-3)17-8-13-9-19(2)18-15(13)12-4-6-16-7-5-12/h4-7,9,11,14,17,20H,8,10H2,1-3H3. The number of nitrogens with one attached hydrogen (secondary N) is 1. The maximum Gasteiger partial charge on any atom is 0.0969 e. The summed E-state index contributed by atoms with van der Waals surface area (Å²) in [6, 6.07) is 4.16. The van der Waals surface area contributed by atoms with Crippen LogP contribution in [0.4, 0.5) is 0 Å². The minimum absolute atomic E-state index is 0.180. The highest BCUT2D eigenvalue weighted by Gasteiger charge is 2.16. The fourth-order valence-corrected chi connectivity index (χ4v) is 2.91. The highest BCUT2D eigenvalue weighted by atomic mass is 32.2. The summed E-state index contributed by atoms with van der Waals surface area (Å²) in [5, 5.41) is 17.6. The van der Waals surface area contributed by atoms with E-state index in [1.165, 1.54) is 0 Å². The van der Waals surface area contributed by atoms with E-state index < -0.39 is 0 Å². The van der Waals surface area contributed by atoms with E-state index in [2.05, 4.69) is 22.3 Å². The van der Waals surface area contributed by atoms with Crippen molar-refractivity contribution < 1.29 is 5.11 Å². The first-order valence-electron chi connectivity index (χ1n) is 6.95. The number of rotatable bonds is 7. The van der Waals surface area contributed by atoms with Gasteiger partial charge in [-0.25, -0.2) is 0 Å². The zero-order valence-corrected chi connectivity index (χ0v) is 13.5. The number of hydrogen-bond acceptors (Lipinski definition) is 5. The predicted molar refractivity (Wildman–Crippen MR) is 87.1 cm³/mol. The van der Waals surface area contributed by atoms with Gasteiger partial charge in [0.2, 0.25) is 0 Å². The van der Waals surface area contributed by atoms with Gasteiger partial charge in [0.05, 0.1) is 12.3 Å². The summed E-state index contributed by atoms with van der Waals surface area (Å²) in [6.45, 7) is 3.00. The van der Waals surface area contributed by atoms with E-state index in [0.717, 1.165) is 23.4 Å². The molecule has 0 radical (unpaired) electrons. The summed E-state index contributed by atoms with van der Waals surface area (Å²) >= 11 is 1.68. The lowest BCUT2D eigenvalue weighted by Crippen LogP contribution is -2.37. The zero-order valence-electron chi connectivity index (χ0n) is 12.7. The molecule has 0 amide bonds. The average molecular weight is 306 g/mol. The maximum absolute atomic E-state index is 9.35. The van der Waals surface area contributed by atoms with Crippen LogP contribution in [0, 0.1) is 0 Å². The molecule has 0 aliphatic heterocycles. The molecule has 0 fully saturated rings. The number of aromatic nitrogens is 3. The van der Waals surface area contributed by atoms with Gasteiger partial charge >= 0.3 is 0 Å². The van der Waals surface area contributed by atoms with Crippen molar-refractivity contribution in [2.45, 2.75) is 24.8 Å². The second-order valence-electron chi connectivity index (χ2n) is 5.04. The zero-order chi connectivity index (χ0) is 15.2. The molecule has 2 aromatic rings. The van der Waals surface area contributed by atoms with Crippen molar-refractivity contribution in [1.29, 1.82) is 0 Å². The van der Waals surface area contributed by atoms with Gasteiger partial charge in [-0.2, -0.15) is 16.9 Å². The lowest BCUT2D eigenvalue weighted by Gasteiger charge is -2.21. The lowest BCUT2D eigenvalue weighted by molar-refractivity contribution is 0.276. The van der Waals surface area contributed by atoms with E-state index in [1.807, 2.05) is 36.3 Å². The van der Waals surface area contributed by atoms with Gasteiger partial charge in [-0.1, -0.05) is 0 Å². The van der Waals surface area contributed by atoms with E-state index in [0.29, 0.717) is 0 Å². The second-order valence-corrected chi connectivity index (χ2v) is 6.12. The molecule has 2 unspecified atom stereocenters. The maximum atomic E-state index is 9.35. The Morgan fingerprint density at radius 1 is 1.38 bits per heavy atom. The van der Waals surface area contributed by atoms with Gasteiger partial charge in [0.25, 0.3) is 0 Å². The highest BCUT2D eigenvalue weighted by molar-refractivity contribution is 7.99. The second kappa shape index (κ2) is 7.59. The van der Waals surface area contributed by atoms with Crippen LogP contribution in [-0.2, 0) is 13.6 Å². The fraction of sp³-hybridized carbons (Fsp3) is 0.467. The van der Waals surface area contributed by atoms with Gasteiger partial charge in [0.15, 0.2) is 0 Å². The number of aryl methyl sites for hydroxylation is 1. The van der Waals surface area contributed by atoms with Crippen LogP contribution in [0.3, 0.4) is 0 Å². The molecule has 0 spiro atoms. The Balaban J connectivity index is 2.11. The molecule has 2 atom stereocenters. The monoisotopic (exact) mass is 306 g/mol. The summed E-state index contributed by atoms with van der Waals surface area (Å²) in [5.74, 6) is 0. The molecule has 21 heavy (non-hydrogen) atoms. The van der Waals surface area contributed by atoms with E-state index in [-0.39, 0.29) is 17.9 Å². The molecule has 0 bridgehead atoms. The van der Waals surface area contributed by atoms with Crippen LogP contribution in [0.2, 0.25) is 0 Å². The van der Waals surface area contributed by atoms with Crippen LogP contribution in [0.25, 0.3) is 11.3 Å². The number of nitrogens with zero attached hydrogens (tertiary/aromatic N) is 3. The number of pyridine rings is 1. The molecule has 0 aliphatic rings. The Morgan fingerprint density at radius 2 is 2.10 bits per heavy atom. The van der Waals surface area contributed by atoms with Crippen molar-refractivity contribution in [3.8, 4) is 11.3 Å². The van der Waals surface area contributed by atoms with Crippen LogP contribution >= 0.6 is 11.8 Å². The average Bonchev–Trinajstić information content (AvgIpc) is 2.88. The Kier molecular flexibility index (Phi) is 5.78. The van der Waals surface area contributed by atoms with E-state index in [9.17, 15) is 5.11 Å². The highest BCUT2D eigenvalue weighted by Crippen LogP contribution is 2.21. The third-order valence-electron chi connectivity index (χ3n) is 3.51. The van der Waals surface area contributed by atoms with Crippen molar-refractivity contribution in [2.24, 2.45) is 7.05 Å². The molecule has 5 nitrogen and oxygen atoms in total. The lowest BCUT2D eigenvalue weighted by atomic mass is 10.1. The van der Waals surface area contributed by atoms with Crippen LogP contribution in [0.1, 0.15) is 12.5 Å². The van der Waals surface area contributed by atoms with Crippen molar-refractivity contribution in [3.05, 3.63) is 36.3 Å². The third-order valence-corrected chi connectivity index (χ3v) is 4.68. The van der Waals surface area contributed by atoms with Crippen molar-refractivity contribution >= 4 is 11.8 Å². The normalized spacial score (nSPS) is 14.1. The number of aliphatic hydroxyl groups excluding tert-OH is 1. The van der Waals surface area contributed by atoms with Crippen LogP contribution in [0.15, 0.2) is 30.7 Å². The smallest absolute Gasteiger partial charge is 0.0969 e. The summed E-state index contributed by atoms with van der Waals surface area (Å²) < 4.78 is 1.83. The number of thioether (sulfide) groups is 1. The van der Waals surface area contributed by atoms with Crippen molar-refractivity contribution in [3.63, 3.8) is 0 Å². The fourth-order valence-electron chi connectivity index (χ4n) is 2.26. The summed E-state index contributed by atoms with van der Waals surface area (Å²) in [4.78, 5) is 4.05. The largest absolute Gasteiger partial charge is 0.395 e. The Labute approximate surface area is 129 Å². The van der Waals surface area contributed by atoms with E-state index in [4.69, 9.17) is 0 Å². The topological polar surface area (TPSA) is 63.0 Å². The van der Waals surface area contributed by atoms with Crippen LogP contribution in [0.5, 0.6) is 0 Å². The Morgan fingerprint density at radius 3 is 2.71 bits per heavy atom. The van der Waals surface area contributed by atoms with Gasteiger partial charge in [0.1, 0.15) is 0 Å². The minimum atomic E-state index is 0.180. The first kappa shape index (κ1) is 16.0. The molecule has 2 N–H and O–H groups in total. The Bertz CT molecular complexity index is 554. The molecule has 2 rings (SSSR count). The molecule has 0 saturated heterocycles. The SMILES string of the molecule is CSC(CO)C(C)NCc1cn(C)nc1-c1ccncc1. The van der Waals surface area contributed by atoms with Crippen molar-refractivity contribution in [1.82, 2.24) is 20.1 Å².